The van der Waals surface area contributed by atoms with Gasteiger partial charge in [-0.2, -0.15) is 9.78 Å². The van der Waals surface area contributed by atoms with Crippen molar-refractivity contribution >= 4 is 30.3 Å². The van der Waals surface area contributed by atoms with Crippen LogP contribution in [0.25, 0.3) is 5.82 Å². The summed E-state index contributed by atoms with van der Waals surface area (Å²) in [5.74, 6) is -0.196. The number of hydrogen-bond donors (Lipinski definition) is 2. The number of halogens is 1. The van der Waals surface area contributed by atoms with Crippen LogP contribution in [0.15, 0.2) is 34.0 Å². The van der Waals surface area contributed by atoms with Gasteiger partial charge in [-0.1, -0.05) is 56.7 Å². The molecule has 0 radical (unpaired) electrons. The molecule has 3 aromatic rings. The third-order valence-corrected chi connectivity index (χ3v) is 6.12. The summed E-state index contributed by atoms with van der Waals surface area (Å²) >= 11 is 0. The van der Waals surface area contributed by atoms with Crippen molar-refractivity contribution in [3.63, 3.8) is 0 Å². The lowest BCUT2D eigenvalue weighted by molar-refractivity contribution is 0.0945. The number of anilines is 1. The number of nitrogens with one attached hydrogen (secondary N) is 1. The third-order valence-electron chi connectivity index (χ3n) is 6.12. The molecule has 1 aliphatic rings. The van der Waals surface area contributed by atoms with E-state index in [4.69, 9.17) is 10.4 Å². The molecule has 12 heteroatoms. The number of rotatable bonds is 6. The van der Waals surface area contributed by atoms with Crippen molar-refractivity contribution in [3.05, 3.63) is 46.8 Å². The van der Waals surface area contributed by atoms with Crippen LogP contribution in [-0.2, 0) is 12.0 Å². The number of piperidine rings is 1. The van der Waals surface area contributed by atoms with Gasteiger partial charge in [0, 0.05) is 12.6 Å². The summed E-state index contributed by atoms with van der Waals surface area (Å²) in [4.78, 5) is 15.3. The molecule has 0 saturated carbocycles. The quantitative estimate of drug-likeness (QED) is 0.387. The van der Waals surface area contributed by atoms with E-state index in [2.05, 4.69) is 75.9 Å². The Hall–Kier alpha value is -3.31. The van der Waals surface area contributed by atoms with E-state index in [9.17, 15) is 4.79 Å². The van der Waals surface area contributed by atoms with Gasteiger partial charge in [-0.25, -0.2) is 10.1 Å². The zero-order valence-electron chi connectivity index (χ0n) is 20.4. The Morgan fingerprint density at radius 2 is 2.00 bits per heavy atom. The highest BCUT2D eigenvalue weighted by molar-refractivity contribution is 5.94. The van der Waals surface area contributed by atoms with E-state index < -0.39 is 5.91 Å². The number of nitrogen functional groups attached to an aromatic ring is 1. The predicted molar refractivity (Wildman–Crippen MR) is 135 cm³/mol. The van der Waals surface area contributed by atoms with Gasteiger partial charge in [0.25, 0.3) is 5.91 Å². The number of aromatic nitrogens is 5. The summed E-state index contributed by atoms with van der Waals surface area (Å²) in [7, 11) is 0. The lowest BCUT2D eigenvalue weighted by atomic mass is 9.87. The molecular formula is C23H32ClN9O2. The molecule has 3 heterocycles. The first-order valence-electron chi connectivity index (χ1n) is 11.4. The normalized spacial score (nSPS) is 16.9. The zero-order chi connectivity index (χ0) is 24.3. The summed E-state index contributed by atoms with van der Waals surface area (Å²) in [6.45, 7) is 10.0. The maximum Gasteiger partial charge on any atom is 0.293 e. The average molecular weight is 502 g/mol. The Bertz CT molecular complexity index is 1160. The number of likely N-dealkylation sites (tertiary alicyclic amines) is 1. The highest BCUT2D eigenvalue weighted by Gasteiger charge is 2.28. The van der Waals surface area contributed by atoms with E-state index >= 15 is 0 Å². The van der Waals surface area contributed by atoms with E-state index in [1.54, 1.807) is 6.21 Å². The minimum Gasteiger partial charge on any atom is -0.378 e. The van der Waals surface area contributed by atoms with Crippen LogP contribution in [0.1, 0.15) is 74.3 Å². The van der Waals surface area contributed by atoms with Crippen molar-refractivity contribution in [1.29, 1.82) is 0 Å². The number of carbonyl (C=O) groups excluding carboxylic acids is 1. The second kappa shape index (κ2) is 11.0. The number of amides is 1. The molecule has 2 aromatic heterocycles. The lowest BCUT2D eigenvalue weighted by Crippen LogP contribution is -2.38. The van der Waals surface area contributed by atoms with Gasteiger partial charge in [0.1, 0.15) is 0 Å². The largest absolute Gasteiger partial charge is 0.378 e. The molecule has 1 aromatic carbocycles. The Morgan fingerprint density at radius 1 is 1.26 bits per heavy atom. The summed E-state index contributed by atoms with van der Waals surface area (Å²) in [5.41, 5.74) is 11.3. The molecule has 1 aliphatic heterocycles. The molecule has 0 spiro atoms. The maximum absolute atomic E-state index is 13.0. The molecule has 1 saturated heterocycles. The van der Waals surface area contributed by atoms with Crippen molar-refractivity contribution < 1.29 is 9.42 Å². The van der Waals surface area contributed by atoms with Crippen LogP contribution in [0.5, 0.6) is 0 Å². The zero-order valence-corrected chi connectivity index (χ0v) is 21.2. The van der Waals surface area contributed by atoms with Gasteiger partial charge in [0.05, 0.1) is 11.9 Å². The fraction of sp³-hybridized carbons (Fsp3) is 0.478. The molecule has 1 atom stereocenters. The van der Waals surface area contributed by atoms with Gasteiger partial charge >= 0.3 is 0 Å². The van der Waals surface area contributed by atoms with Crippen LogP contribution in [0.3, 0.4) is 0 Å². The SMILES string of the molecule is CC1CCCCN1Cc1c(C(=O)N/N=C\c2ccc(C(C)(C)C)cc2)nnn1-c1nonc1N.Cl. The summed E-state index contributed by atoms with van der Waals surface area (Å²) in [6, 6.07) is 8.42. The van der Waals surface area contributed by atoms with Gasteiger partial charge < -0.3 is 5.73 Å². The lowest BCUT2D eigenvalue weighted by Gasteiger charge is -2.33. The van der Waals surface area contributed by atoms with Gasteiger partial charge in [0.2, 0.25) is 11.6 Å². The van der Waals surface area contributed by atoms with Crippen LogP contribution in [0, 0.1) is 0 Å². The monoisotopic (exact) mass is 501 g/mol. The number of benzene rings is 1. The summed E-state index contributed by atoms with van der Waals surface area (Å²) in [5, 5.41) is 19.8. The molecular weight excluding hydrogens is 470 g/mol. The van der Waals surface area contributed by atoms with E-state index in [-0.39, 0.29) is 35.2 Å². The van der Waals surface area contributed by atoms with E-state index in [1.807, 2.05) is 12.1 Å². The fourth-order valence-electron chi connectivity index (χ4n) is 4.00. The summed E-state index contributed by atoms with van der Waals surface area (Å²) < 4.78 is 6.14. The second-order valence-corrected chi connectivity index (χ2v) is 9.66. The molecule has 4 rings (SSSR count). The Kier molecular flexibility index (Phi) is 8.23. The standard InChI is InChI=1S/C23H31N9O2.ClH/c1-15-7-5-6-12-31(15)14-18-19(26-30-32(18)21-20(24)28-34-29-21)22(33)27-25-13-16-8-10-17(11-9-16)23(2,3)4;/h8-11,13,15H,5-7,12,14H2,1-4H3,(H2,24,28)(H,27,33);1H/b25-13-;. The number of carbonyl (C=O) groups is 1. The highest BCUT2D eigenvalue weighted by atomic mass is 35.5. The van der Waals surface area contributed by atoms with Gasteiger partial charge in [-0.3, -0.25) is 9.69 Å². The van der Waals surface area contributed by atoms with Crippen LogP contribution < -0.4 is 11.2 Å². The predicted octanol–water partition coefficient (Wildman–Crippen LogP) is 3.09. The van der Waals surface area contributed by atoms with Crippen LogP contribution >= 0.6 is 12.4 Å². The third kappa shape index (κ3) is 6.04. The van der Waals surface area contributed by atoms with Gasteiger partial charge in [-0.15, -0.1) is 17.5 Å². The molecule has 11 nitrogen and oxygen atoms in total. The minimum absolute atomic E-state index is 0. The Labute approximate surface area is 210 Å². The number of hydrogen-bond acceptors (Lipinski definition) is 9. The number of nitrogens with two attached hydrogens (primary N) is 1. The van der Waals surface area contributed by atoms with Crippen molar-refractivity contribution in [1.82, 2.24) is 35.6 Å². The molecule has 0 aliphatic carbocycles. The van der Waals surface area contributed by atoms with Crippen molar-refractivity contribution in [2.24, 2.45) is 5.10 Å². The van der Waals surface area contributed by atoms with Crippen molar-refractivity contribution in [2.75, 3.05) is 12.3 Å². The van der Waals surface area contributed by atoms with Crippen LogP contribution in [-0.4, -0.2) is 54.9 Å². The first-order valence-corrected chi connectivity index (χ1v) is 11.4. The Balaban J connectivity index is 0.00000342. The average Bonchev–Trinajstić information content (AvgIpc) is 3.40. The van der Waals surface area contributed by atoms with E-state index in [0.29, 0.717) is 18.3 Å². The minimum atomic E-state index is -0.469. The highest BCUT2D eigenvalue weighted by Crippen LogP contribution is 2.23. The smallest absolute Gasteiger partial charge is 0.293 e. The van der Waals surface area contributed by atoms with Crippen LogP contribution in [0.4, 0.5) is 5.82 Å². The van der Waals surface area contributed by atoms with Gasteiger partial charge in [-0.05, 0) is 53.2 Å². The van der Waals surface area contributed by atoms with E-state index in [0.717, 1.165) is 24.9 Å². The fourth-order valence-corrected chi connectivity index (χ4v) is 4.00. The first kappa shape index (κ1) is 26.3. The topological polar surface area (TPSA) is 140 Å². The van der Waals surface area contributed by atoms with E-state index in [1.165, 1.54) is 16.7 Å². The number of hydrazone groups is 1. The molecule has 3 N–H and O–H groups in total. The molecule has 1 unspecified atom stereocenters. The second-order valence-electron chi connectivity index (χ2n) is 9.66. The molecule has 0 bridgehead atoms. The van der Waals surface area contributed by atoms with Crippen LogP contribution in [0.2, 0.25) is 0 Å². The van der Waals surface area contributed by atoms with Gasteiger partial charge in [0.15, 0.2) is 5.69 Å². The van der Waals surface area contributed by atoms with Crippen molar-refractivity contribution in [2.45, 2.75) is 65.0 Å². The number of nitrogens with zero attached hydrogens (tertiary/aromatic N) is 7. The first-order chi connectivity index (χ1) is 16.2. The molecule has 1 fully saturated rings. The Morgan fingerprint density at radius 3 is 2.63 bits per heavy atom. The maximum atomic E-state index is 13.0. The molecule has 35 heavy (non-hydrogen) atoms. The van der Waals surface area contributed by atoms with Crippen molar-refractivity contribution in [3.8, 4) is 5.82 Å². The molecule has 188 valence electrons. The molecule has 1 amide bonds. The summed E-state index contributed by atoms with van der Waals surface area (Å²) in [6.07, 6.45) is 4.98.